The highest BCUT2D eigenvalue weighted by molar-refractivity contribution is 5.86. The molecule has 1 aliphatic carbocycles. The molecular weight excluding hydrogens is 440 g/mol. The molecule has 0 aromatic carbocycles. The van der Waals surface area contributed by atoms with Crippen LogP contribution in [0.5, 0.6) is 0 Å². The summed E-state index contributed by atoms with van der Waals surface area (Å²) in [6.07, 6.45) is 8.55. The Kier molecular flexibility index (Phi) is 10.6. The van der Waals surface area contributed by atoms with Gasteiger partial charge in [0.15, 0.2) is 0 Å². The largest absolute Gasteiger partial charge is 0.483 e. The van der Waals surface area contributed by atoms with Crippen molar-refractivity contribution < 1.29 is 29.0 Å². The van der Waals surface area contributed by atoms with Gasteiger partial charge < -0.3 is 30.3 Å². The van der Waals surface area contributed by atoms with E-state index in [1.54, 1.807) is 0 Å². The smallest absolute Gasteiger partial charge is 0.290 e. The van der Waals surface area contributed by atoms with E-state index >= 15 is 0 Å². The van der Waals surface area contributed by atoms with Crippen LogP contribution in [0.15, 0.2) is 0 Å². The van der Waals surface area contributed by atoms with Gasteiger partial charge in [-0.05, 0) is 70.4 Å². The molecule has 3 N–H and O–H groups in total. The van der Waals surface area contributed by atoms with Gasteiger partial charge in [0.1, 0.15) is 0 Å². The number of ether oxygens (including phenoxy) is 1. The van der Waals surface area contributed by atoms with Gasteiger partial charge in [-0.25, -0.2) is 0 Å². The second-order valence-electron chi connectivity index (χ2n) is 9.86. The molecule has 3 aliphatic heterocycles. The zero-order valence-electron chi connectivity index (χ0n) is 20.1. The Morgan fingerprint density at radius 2 is 1.65 bits per heavy atom. The predicted molar refractivity (Wildman–Crippen MR) is 125 cm³/mol. The molecule has 3 heterocycles. The van der Waals surface area contributed by atoms with Gasteiger partial charge in [0, 0.05) is 50.7 Å². The number of nitrogens with zero attached hydrogens (tertiary/aromatic N) is 2. The highest BCUT2D eigenvalue weighted by Crippen LogP contribution is 2.25. The first-order valence-corrected chi connectivity index (χ1v) is 12.7. The lowest BCUT2D eigenvalue weighted by atomic mass is 9.92. The van der Waals surface area contributed by atoms with Gasteiger partial charge in [0.25, 0.3) is 6.47 Å². The van der Waals surface area contributed by atoms with Crippen LogP contribution in [0, 0.1) is 11.8 Å². The van der Waals surface area contributed by atoms with Gasteiger partial charge in [0.2, 0.25) is 17.7 Å². The van der Waals surface area contributed by atoms with Gasteiger partial charge in [-0.2, -0.15) is 0 Å². The van der Waals surface area contributed by atoms with Crippen molar-refractivity contribution in [2.45, 2.75) is 69.9 Å². The summed E-state index contributed by atoms with van der Waals surface area (Å²) in [5.74, 6) is 0.801. The minimum atomic E-state index is -0.250. The number of hydrogen-bond donors (Lipinski definition) is 3. The van der Waals surface area contributed by atoms with Crippen LogP contribution in [0.25, 0.3) is 0 Å². The first-order valence-electron chi connectivity index (χ1n) is 12.7. The summed E-state index contributed by atoms with van der Waals surface area (Å²) >= 11 is 0. The van der Waals surface area contributed by atoms with Crippen LogP contribution in [0.2, 0.25) is 0 Å². The Hall–Kier alpha value is -2.20. The van der Waals surface area contributed by atoms with Crippen molar-refractivity contribution in [3.8, 4) is 0 Å². The average Bonchev–Trinajstić information content (AvgIpc) is 3.51. The molecule has 34 heavy (non-hydrogen) atoms. The summed E-state index contributed by atoms with van der Waals surface area (Å²) in [6, 6.07) is 0.844. The number of rotatable bonds is 8. The lowest BCUT2D eigenvalue weighted by molar-refractivity contribution is -0.133. The fourth-order valence-electron chi connectivity index (χ4n) is 5.12. The number of nitrogens with one attached hydrogen (secondary N) is 2. The lowest BCUT2D eigenvalue weighted by Crippen LogP contribution is -2.50. The third-order valence-electron chi connectivity index (χ3n) is 7.39. The van der Waals surface area contributed by atoms with Crippen LogP contribution >= 0.6 is 0 Å². The van der Waals surface area contributed by atoms with E-state index in [0.717, 1.165) is 90.8 Å². The molecular formula is C24H40N4O6. The summed E-state index contributed by atoms with van der Waals surface area (Å²) in [5.41, 5.74) is 0. The number of hydrogen-bond acceptors (Lipinski definition) is 6. The molecule has 0 aromatic heterocycles. The molecule has 192 valence electrons. The maximum atomic E-state index is 12.5. The molecule has 0 radical (unpaired) electrons. The summed E-state index contributed by atoms with van der Waals surface area (Å²) in [7, 11) is 0. The fraction of sp³-hybridized carbons (Fsp3) is 0.833. The zero-order valence-corrected chi connectivity index (χ0v) is 20.1. The molecule has 0 bridgehead atoms. The van der Waals surface area contributed by atoms with E-state index in [-0.39, 0.29) is 30.7 Å². The second-order valence-corrected chi connectivity index (χ2v) is 9.86. The zero-order chi connectivity index (χ0) is 24.3. The van der Waals surface area contributed by atoms with Crippen molar-refractivity contribution in [2.24, 2.45) is 11.8 Å². The molecule has 1 saturated carbocycles. The Morgan fingerprint density at radius 3 is 2.24 bits per heavy atom. The third kappa shape index (κ3) is 8.54. The van der Waals surface area contributed by atoms with E-state index in [4.69, 9.17) is 14.6 Å². The van der Waals surface area contributed by atoms with Crippen LogP contribution < -0.4 is 10.6 Å². The first-order chi connectivity index (χ1) is 16.5. The summed E-state index contributed by atoms with van der Waals surface area (Å²) in [5, 5.41) is 12.6. The van der Waals surface area contributed by atoms with Crippen molar-refractivity contribution in [1.29, 1.82) is 0 Å². The van der Waals surface area contributed by atoms with Crippen LogP contribution in [0.1, 0.15) is 57.8 Å². The highest BCUT2D eigenvalue weighted by Gasteiger charge is 2.32. The van der Waals surface area contributed by atoms with Crippen LogP contribution in [-0.4, -0.2) is 97.1 Å². The number of likely N-dealkylation sites (tertiary alicyclic amines) is 2. The van der Waals surface area contributed by atoms with Crippen LogP contribution in [0.3, 0.4) is 0 Å². The maximum Gasteiger partial charge on any atom is 0.290 e. The van der Waals surface area contributed by atoms with E-state index < -0.39 is 0 Å². The van der Waals surface area contributed by atoms with Crippen LogP contribution in [0.4, 0.5) is 0 Å². The topological polar surface area (TPSA) is 128 Å². The predicted octanol–water partition coefficient (Wildman–Crippen LogP) is 0.602. The number of carbonyl (C=O) groups excluding carboxylic acids is 3. The van der Waals surface area contributed by atoms with Gasteiger partial charge >= 0.3 is 0 Å². The van der Waals surface area contributed by atoms with E-state index in [9.17, 15) is 14.4 Å². The fourth-order valence-corrected chi connectivity index (χ4v) is 5.12. The van der Waals surface area contributed by atoms with Gasteiger partial charge in [-0.1, -0.05) is 0 Å². The molecule has 10 nitrogen and oxygen atoms in total. The van der Waals surface area contributed by atoms with Crippen molar-refractivity contribution >= 4 is 24.2 Å². The summed E-state index contributed by atoms with van der Waals surface area (Å²) in [6.45, 7) is 5.05. The number of carbonyl (C=O) groups is 4. The van der Waals surface area contributed by atoms with E-state index in [0.29, 0.717) is 30.3 Å². The quantitative estimate of drug-likeness (QED) is 0.434. The SMILES string of the molecule is O=C(CNC(=O)C1CCN(C2CCN(C(=O)CCC3CCOC3)CC2)CC1)NC1CC1.O=CO. The highest BCUT2D eigenvalue weighted by atomic mass is 16.5. The normalized spacial score (nSPS) is 24.1. The monoisotopic (exact) mass is 480 g/mol. The lowest BCUT2D eigenvalue weighted by Gasteiger charge is -2.41. The third-order valence-corrected chi connectivity index (χ3v) is 7.39. The summed E-state index contributed by atoms with van der Waals surface area (Å²) in [4.78, 5) is 49.6. The van der Waals surface area contributed by atoms with E-state index in [2.05, 4.69) is 15.5 Å². The van der Waals surface area contributed by atoms with Crippen molar-refractivity contribution in [1.82, 2.24) is 20.4 Å². The van der Waals surface area contributed by atoms with E-state index in [1.807, 2.05) is 4.90 Å². The molecule has 0 spiro atoms. The maximum absolute atomic E-state index is 12.5. The minimum Gasteiger partial charge on any atom is -0.483 e. The number of piperidine rings is 2. The Bertz CT molecular complexity index is 679. The molecule has 4 aliphatic rings. The molecule has 4 rings (SSSR count). The first kappa shape index (κ1) is 26.4. The van der Waals surface area contributed by atoms with Crippen LogP contribution in [-0.2, 0) is 23.9 Å². The molecule has 1 unspecified atom stereocenters. The Balaban J connectivity index is 0.00000103. The Morgan fingerprint density at radius 1 is 0.971 bits per heavy atom. The van der Waals surface area contributed by atoms with Gasteiger partial charge in [0.05, 0.1) is 6.54 Å². The minimum absolute atomic E-state index is 0.00575. The van der Waals surface area contributed by atoms with Crippen molar-refractivity contribution in [2.75, 3.05) is 45.9 Å². The van der Waals surface area contributed by atoms with Gasteiger partial charge in [-0.15, -0.1) is 0 Å². The molecule has 1 atom stereocenters. The number of carboxylic acid groups (broad SMARTS) is 1. The molecule has 10 heteroatoms. The molecule has 4 fully saturated rings. The Labute approximate surface area is 201 Å². The average molecular weight is 481 g/mol. The number of amides is 3. The summed E-state index contributed by atoms with van der Waals surface area (Å²) < 4.78 is 5.41. The van der Waals surface area contributed by atoms with E-state index in [1.165, 1.54) is 0 Å². The second kappa shape index (κ2) is 13.6. The van der Waals surface area contributed by atoms with Crippen molar-refractivity contribution in [3.63, 3.8) is 0 Å². The molecule has 3 saturated heterocycles. The molecule has 0 aromatic rings. The molecule has 3 amide bonds. The van der Waals surface area contributed by atoms with Gasteiger partial charge in [-0.3, -0.25) is 19.2 Å². The standard InChI is InChI=1S/C23H38N4O4.CH2O2/c28-21(25-19-2-3-19)15-24-23(30)18-5-10-26(11-6-18)20-7-12-27(13-8-20)22(29)4-1-17-9-14-31-16-17;2-1-3/h17-20H,1-16H2,(H,24,30)(H,25,28);1H,(H,2,3). The van der Waals surface area contributed by atoms with Crippen molar-refractivity contribution in [3.05, 3.63) is 0 Å².